The number of halogens is 1. The molecule has 7 heteroatoms. The normalized spacial score (nSPS) is 18.7. The predicted molar refractivity (Wildman–Crippen MR) is 104 cm³/mol. The lowest BCUT2D eigenvalue weighted by molar-refractivity contribution is -0.116. The number of hydrogen-bond acceptors (Lipinski definition) is 4. The zero-order chi connectivity index (χ0) is 20.2. The van der Waals surface area contributed by atoms with Crippen molar-refractivity contribution in [3.05, 3.63) is 82.1 Å². The summed E-state index contributed by atoms with van der Waals surface area (Å²) in [5.41, 5.74) is 0.835. The third-order valence-corrected chi connectivity index (χ3v) is 5.42. The first-order valence-corrected chi connectivity index (χ1v) is 9.14. The summed E-state index contributed by atoms with van der Waals surface area (Å²) in [7, 11) is 0. The highest BCUT2D eigenvalue weighted by Crippen LogP contribution is 2.49. The summed E-state index contributed by atoms with van der Waals surface area (Å²) in [6, 6.07) is 13.7. The van der Waals surface area contributed by atoms with E-state index >= 15 is 0 Å². The minimum atomic E-state index is -0.815. The van der Waals surface area contributed by atoms with Gasteiger partial charge in [-0.2, -0.15) is 0 Å². The molecular weight excluding hydrogens is 375 g/mol. The number of H-pyrrole nitrogens is 1. The van der Waals surface area contributed by atoms with Gasteiger partial charge in [-0.05, 0) is 48.1 Å². The Balaban J connectivity index is 1.52. The van der Waals surface area contributed by atoms with Crippen LogP contribution in [0.1, 0.15) is 18.4 Å². The van der Waals surface area contributed by atoms with Gasteiger partial charge in [-0.15, -0.1) is 0 Å². The summed E-state index contributed by atoms with van der Waals surface area (Å²) in [4.78, 5) is 38.6. The van der Waals surface area contributed by atoms with E-state index in [1.807, 2.05) is 17.4 Å². The zero-order valence-corrected chi connectivity index (χ0v) is 15.1. The molecule has 0 unspecified atom stereocenters. The van der Waals surface area contributed by atoms with Gasteiger partial charge < -0.3 is 9.72 Å². The minimum absolute atomic E-state index is 0.0824. The van der Waals surface area contributed by atoms with Crippen LogP contribution >= 0.6 is 0 Å². The van der Waals surface area contributed by atoms with Crippen molar-refractivity contribution in [3.63, 3.8) is 0 Å². The Morgan fingerprint density at radius 3 is 2.55 bits per heavy atom. The van der Waals surface area contributed by atoms with Crippen molar-refractivity contribution in [2.75, 3.05) is 0 Å². The smallest absolute Gasteiger partial charge is 0.404 e. The third-order valence-electron chi connectivity index (χ3n) is 5.42. The Morgan fingerprint density at radius 1 is 1.03 bits per heavy atom. The number of amides is 2. The first-order valence-electron chi connectivity index (χ1n) is 9.14. The highest BCUT2D eigenvalue weighted by molar-refractivity contribution is 6.07. The molecule has 0 bridgehead atoms. The summed E-state index contributed by atoms with van der Waals surface area (Å²) >= 11 is 0. The Kier molecular flexibility index (Phi) is 3.67. The Bertz CT molecular complexity index is 1290. The van der Waals surface area contributed by atoms with Gasteiger partial charge in [-0.3, -0.25) is 14.9 Å². The molecule has 2 aromatic carbocycles. The van der Waals surface area contributed by atoms with E-state index in [0.29, 0.717) is 35.0 Å². The molecule has 6 nitrogen and oxygen atoms in total. The summed E-state index contributed by atoms with van der Waals surface area (Å²) in [5.74, 6) is -1.01. The quantitative estimate of drug-likeness (QED) is 0.670. The number of cyclic esters (lactones) is 1. The molecule has 1 aliphatic carbocycles. The van der Waals surface area contributed by atoms with Crippen LogP contribution in [-0.2, 0) is 14.9 Å². The molecule has 0 radical (unpaired) electrons. The minimum Gasteiger partial charge on any atom is -0.404 e. The van der Waals surface area contributed by atoms with Crippen LogP contribution in [0.4, 0.5) is 9.18 Å². The Labute approximate surface area is 164 Å². The third kappa shape index (κ3) is 2.91. The number of ether oxygens (including phenoxy) is 1. The topological polar surface area (TPSA) is 88.3 Å². The van der Waals surface area contributed by atoms with Gasteiger partial charge in [-0.25, -0.2) is 9.18 Å². The van der Waals surface area contributed by atoms with Crippen LogP contribution in [0.3, 0.4) is 0 Å². The van der Waals surface area contributed by atoms with Gasteiger partial charge in [0.25, 0.3) is 11.5 Å². The largest absolute Gasteiger partial charge is 0.419 e. The Hall–Kier alpha value is -3.74. The zero-order valence-electron chi connectivity index (χ0n) is 15.1. The van der Waals surface area contributed by atoms with E-state index in [9.17, 15) is 18.8 Å². The van der Waals surface area contributed by atoms with Crippen LogP contribution in [0.25, 0.3) is 22.0 Å². The summed E-state index contributed by atoms with van der Waals surface area (Å²) in [6.45, 7) is 0. The van der Waals surface area contributed by atoms with Crippen LogP contribution in [-0.4, -0.2) is 17.0 Å². The molecule has 2 fully saturated rings. The predicted octanol–water partition coefficient (Wildman–Crippen LogP) is 3.52. The molecule has 2 aliphatic rings. The van der Waals surface area contributed by atoms with E-state index < -0.39 is 17.4 Å². The fourth-order valence-electron chi connectivity index (χ4n) is 3.73. The number of fused-ring (bicyclic) bond motifs is 1. The summed E-state index contributed by atoms with van der Waals surface area (Å²) in [5, 5.41) is 3.31. The monoisotopic (exact) mass is 390 g/mol. The van der Waals surface area contributed by atoms with E-state index in [0.717, 1.165) is 5.39 Å². The first-order chi connectivity index (χ1) is 13.9. The van der Waals surface area contributed by atoms with Gasteiger partial charge >= 0.3 is 6.09 Å². The number of carbonyl (C=O) groups is 2. The van der Waals surface area contributed by atoms with E-state index in [1.165, 1.54) is 6.07 Å². The van der Waals surface area contributed by atoms with Crippen molar-refractivity contribution in [3.8, 4) is 11.3 Å². The second kappa shape index (κ2) is 6.13. The molecule has 2 N–H and O–H groups in total. The number of rotatable bonds is 3. The molecule has 29 heavy (non-hydrogen) atoms. The number of hydrogen-bond donors (Lipinski definition) is 2. The number of nitrogens with one attached hydrogen (secondary N) is 2. The summed E-state index contributed by atoms with van der Waals surface area (Å²) in [6.07, 6.45) is 2.07. The molecule has 3 aromatic rings. The fraction of sp³-hybridized carbons (Fsp3) is 0.136. The molecule has 1 saturated heterocycles. The van der Waals surface area contributed by atoms with Crippen molar-refractivity contribution in [1.82, 2.24) is 10.3 Å². The average molecular weight is 390 g/mol. The van der Waals surface area contributed by atoms with E-state index in [1.54, 1.807) is 36.4 Å². The Morgan fingerprint density at radius 2 is 1.86 bits per heavy atom. The maximum absolute atomic E-state index is 14.1. The number of allylic oxidation sites excluding steroid dienone is 1. The second-order valence-electron chi connectivity index (χ2n) is 7.30. The van der Waals surface area contributed by atoms with Crippen molar-refractivity contribution in [2.24, 2.45) is 0 Å². The van der Waals surface area contributed by atoms with Crippen LogP contribution in [0.5, 0.6) is 0 Å². The van der Waals surface area contributed by atoms with Crippen LogP contribution in [0.15, 0.2) is 65.2 Å². The van der Waals surface area contributed by atoms with Gasteiger partial charge in [-0.1, -0.05) is 30.3 Å². The number of aromatic nitrogens is 1. The molecule has 5 rings (SSSR count). The molecule has 0 spiro atoms. The van der Waals surface area contributed by atoms with Crippen LogP contribution in [0, 0.1) is 5.82 Å². The van der Waals surface area contributed by atoms with Gasteiger partial charge in [0.15, 0.2) is 5.76 Å². The van der Waals surface area contributed by atoms with E-state index in [4.69, 9.17) is 4.74 Å². The number of imide groups is 1. The lowest BCUT2D eigenvalue weighted by Gasteiger charge is -2.12. The second-order valence-corrected chi connectivity index (χ2v) is 7.30. The van der Waals surface area contributed by atoms with Gasteiger partial charge in [0.2, 0.25) is 0 Å². The number of benzene rings is 2. The SMILES string of the molecule is O=C1NC(=O)/C(=C/C2(c3ccc(-c4ccc5cccc(F)c5c4)[nH]c3=O)CC2)O1. The number of alkyl carbamates (subject to hydrolysis) is 1. The molecule has 1 aromatic heterocycles. The van der Waals surface area contributed by atoms with Gasteiger partial charge in [0, 0.05) is 22.1 Å². The molecule has 0 atom stereocenters. The number of aromatic amines is 1. The van der Waals surface area contributed by atoms with Gasteiger partial charge in [0.1, 0.15) is 5.82 Å². The lowest BCUT2D eigenvalue weighted by Crippen LogP contribution is -2.22. The molecule has 144 valence electrons. The molecular formula is C22H15FN2O4. The van der Waals surface area contributed by atoms with Gasteiger partial charge in [0.05, 0.1) is 0 Å². The average Bonchev–Trinajstić information content (AvgIpc) is 3.40. The highest BCUT2D eigenvalue weighted by atomic mass is 19.1. The fourth-order valence-corrected chi connectivity index (χ4v) is 3.73. The molecule has 2 amide bonds. The molecule has 2 heterocycles. The first kappa shape index (κ1) is 17.4. The molecule has 1 aliphatic heterocycles. The highest BCUT2D eigenvalue weighted by Gasteiger charge is 2.46. The molecule has 1 saturated carbocycles. The summed E-state index contributed by atoms with van der Waals surface area (Å²) < 4.78 is 19.0. The van der Waals surface area contributed by atoms with Crippen molar-refractivity contribution in [2.45, 2.75) is 18.3 Å². The lowest BCUT2D eigenvalue weighted by atomic mass is 9.95. The van der Waals surface area contributed by atoms with Crippen LogP contribution in [0.2, 0.25) is 0 Å². The van der Waals surface area contributed by atoms with Crippen molar-refractivity contribution >= 4 is 22.8 Å². The van der Waals surface area contributed by atoms with E-state index in [2.05, 4.69) is 4.98 Å². The van der Waals surface area contributed by atoms with E-state index in [-0.39, 0.29) is 17.1 Å². The van der Waals surface area contributed by atoms with Crippen molar-refractivity contribution < 1.29 is 18.7 Å². The number of carbonyl (C=O) groups excluding carboxylic acids is 2. The van der Waals surface area contributed by atoms with Crippen molar-refractivity contribution in [1.29, 1.82) is 0 Å². The standard InChI is InChI=1S/C22H15FN2O4/c23-16-3-1-2-12-4-5-13(10-14(12)16)17-7-6-15(19(26)24-17)22(8-9-22)11-18-20(27)25-21(28)29-18/h1-7,10-11H,8-9H2,(H,24,26)(H,25,27,28)/b18-11-. The maximum atomic E-state index is 14.1. The van der Waals surface area contributed by atoms with Crippen LogP contribution < -0.4 is 10.9 Å². The number of pyridine rings is 1. The maximum Gasteiger partial charge on any atom is 0.419 e.